The Kier molecular flexibility index (Phi) is 5.01. The molecule has 0 unspecified atom stereocenters. The first-order valence-electron chi connectivity index (χ1n) is 9.25. The first-order chi connectivity index (χ1) is 11.4. The molecule has 2 aliphatic rings. The minimum Gasteiger partial charge on any atom is -0.316 e. The summed E-state index contributed by atoms with van der Waals surface area (Å²) in [6.45, 7) is 6.90. The minimum absolute atomic E-state index is 0.122. The van der Waals surface area contributed by atoms with Crippen molar-refractivity contribution < 1.29 is 4.79 Å². The van der Waals surface area contributed by atoms with Gasteiger partial charge in [0.1, 0.15) is 11.1 Å². The number of hydrogen-bond donors (Lipinski definition) is 1. The molecule has 1 aromatic heterocycles. The van der Waals surface area contributed by atoms with Gasteiger partial charge in [0.05, 0.1) is 5.56 Å². The molecule has 4 heteroatoms. The number of amides is 1. The van der Waals surface area contributed by atoms with Gasteiger partial charge in [-0.05, 0) is 49.0 Å². The molecule has 0 aromatic carbocycles. The predicted molar refractivity (Wildman–Crippen MR) is 99.2 cm³/mol. The number of thiophene rings is 1. The smallest absolute Gasteiger partial charge is 0.228 e. The average molecular weight is 345 g/mol. The number of carbonyl (C=O) groups excluding carboxylic acids is 1. The van der Waals surface area contributed by atoms with Gasteiger partial charge in [-0.1, -0.05) is 40.0 Å². The van der Waals surface area contributed by atoms with Crippen molar-refractivity contribution in [1.82, 2.24) is 0 Å². The lowest BCUT2D eigenvalue weighted by atomic mass is 9.72. The van der Waals surface area contributed by atoms with Crippen LogP contribution in [0.3, 0.4) is 0 Å². The van der Waals surface area contributed by atoms with E-state index >= 15 is 0 Å². The quantitative estimate of drug-likeness (QED) is 0.792. The topological polar surface area (TPSA) is 52.9 Å². The van der Waals surface area contributed by atoms with Gasteiger partial charge in [0, 0.05) is 10.8 Å². The molecule has 0 bridgehead atoms. The van der Waals surface area contributed by atoms with Crippen molar-refractivity contribution >= 4 is 22.2 Å². The van der Waals surface area contributed by atoms with Crippen LogP contribution in [0.15, 0.2) is 0 Å². The van der Waals surface area contributed by atoms with Crippen molar-refractivity contribution in [3.05, 3.63) is 16.0 Å². The highest BCUT2D eigenvalue weighted by molar-refractivity contribution is 7.16. The normalized spacial score (nSPS) is 21.8. The predicted octanol–water partition coefficient (Wildman–Crippen LogP) is 5.29. The van der Waals surface area contributed by atoms with Crippen LogP contribution in [0, 0.1) is 28.6 Å². The van der Waals surface area contributed by atoms with Gasteiger partial charge in [-0.2, -0.15) is 5.26 Å². The molecule has 0 spiro atoms. The van der Waals surface area contributed by atoms with Crippen LogP contribution in [0.5, 0.6) is 0 Å². The summed E-state index contributed by atoms with van der Waals surface area (Å²) < 4.78 is 0. The van der Waals surface area contributed by atoms with Crippen molar-refractivity contribution in [1.29, 1.82) is 5.26 Å². The lowest BCUT2D eigenvalue weighted by Gasteiger charge is -2.33. The van der Waals surface area contributed by atoms with E-state index in [0.717, 1.165) is 55.5 Å². The third-order valence-electron chi connectivity index (χ3n) is 5.81. The van der Waals surface area contributed by atoms with Gasteiger partial charge in [0.25, 0.3) is 0 Å². The van der Waals surface area contributed by atoms with E-state index in [-0.39, 0.29) is 11.8 Å². The summed E-state index contributed by atoms with van der Waals surface area (Å²) in [6, 6.07) is 2.36. The first-order valence-corrected chi connectivity index (χ1v) is 10.1. The maximum atomic E-state index is 12.6. The molecule has 1 atom stereocenters. The number of hydrogen-bond acceptors (Lipinski definition) is 3. The Labute approximate surface area is 149 Å². The molecule has 1 aromatic rings. The van der Waals surface area contributed by atoms with Gasteiger partial charge in [0.2, 0.25) is 5.91 Å². The molecule has 1 fully saturated rings. The number of nitrogens with one attached hydrogen (secondary N) is 1. The third kappa shape index (κ3) is 3.52. The highest BCUT2D eigenvalue weighted by Gasteiger charge is 2.33. The largest absolute Gasteiger partial charge is 0.316 e. The Balaban J connectivity index is 1.79. The van der Waals surface area contributed by atoms with Crippen molar-refractivity contribution in [3.63, 3.8) is 0 Å². The van der Waals surface area contributed by atoms with Gasteiger partial charge in [-0.25, -0.2) is 0 Å². The zero-order valence-corrected chi connectivity index (χ0v) is 15.9. The van der Waals surface area contributed by atoms with E-state index in [1.165, 1.54) is 16.9 Å². The molecule has 3 rings (SSSR count). The Bertz CT molecular complexity index is 656. The van der Waals surface area contributed by atoms with Crippen LogP contribution in [0.2, 0.25) is 0 Å². The summed E-state index contributed by atoms with van der Waals surface area (Å²) in [6.07, 6.45) is 8.67. The first kappa shape index (κ1) is 17.5. The van der Waals surface area contributed by atoms with Crippen molar-refractivity contribution in [2.45, 2.75) is 72.1 Å². The fourth-order valence-corrected chi connectivity index (χ4v) is 5.39. The highest BCUT2D eigenvalue weighted by Crippen LogP contribution is 2.44. The highest BCUT2D eigenvalue weighted by atomic mass is 32.1. The van der Waals surface area contributed by atoms with E-state index in [1.807, 2.05) is 0 Å². The Morgan fingerprint density at radius 3 is 2.54 bits per heavy atom. The molecule has 1 heterocycles. The molecular formula is C20H28N2OS. The average Bonchev–Trinajstić information content (AvgIpc) is 2.90. The van der Waals surface area contributed by atoms with Gasteiger partial charge >= 0.3 is 0 Å². The lowest BCUT2D eigenvalue weighted by Crippen LogP contribution is -2.26. The van der Waals surface area contributed by atoms with E-state index in [0.29, 0.717) is 11.3 Å². The summed E-state index contributed by atoms with van der Waals surface area (Å²) in [4.78, 5) is 13.9. The number of fused-ring (bicyclic) bond motifs is 1. The van der Waals surface area contributed by atoms with Crippen molar-refractivity contribution in [2.24, 2.45) is 17.3 Å². The Morgan fingerprint density at radius 1 is 1.21 bits per heavy atom. The molecule has 1 amide bonds. The van der Waals surface area contributed by atoms with Crippen LogP contribution >= 0.6 is 11.3 Å². The van der Waals surface area contributed by atoms with Gasteiger partial charge in [-0.3, -0.25) is 4.79 Å². The molecule has 24 heavy (non-hydrogen) atoms. The third-order valence-corrected chi connectivity index (χ3v) is 6.98. The SMILES string of the molecule is CC(C)(C)[C@@H]1CCc2c(sc(NC(=O)C3CCCCC3)c2C#N)C1. The molecule has 2 aliphatic carbocycles. The molecular weight excluding hydrogens is 316 g/mol. The maximum Gasteiger partial charge on any atom is 0.228 e. The zero-order chi connectivity index (χ0) is 17.3. The van der Waals surface area contributed by atoms with Crippen LogP contribution < -0.4 is 5.32 Å². The minimum atomic E-state index is 0.122. The summed E-state index contributed by atoms with van der Waals surface area (Å²) in [5.74, 6) is 0.904. The fourth-order valence-electron chi connectivity index (χ4n) is 4.11. The summed E-state index contributed by atoms with van der Waals surface area (Å²) in [7, 11) is 0. The Hall–Kier alpha value is -1.34. The number of rotatable bonds is 2. The summed E-state index contributed by atoms with van der Waals surface area (Å²) >= 11 is 1.64. The number of nitrogens with zero attached hydrogens (tertiary/aromatic N) is 1. The number of nitriles is 1. The second kappa shape index (κ2) is 6.88. The molecule has 0 aliphatic heterocycles. The van der Waals surface area contributed by atoms with Crippen LogP contribution in [0.4, 0.5) is 5.00 Å². The van der Waals surface area contributed by atoms with Crippen LogP contribution in [0.1, 0.15) is 75.3 Å². The summed E-state index contributed by atoms with van der Waals surface area (Å²) in [5.41, 5.74) is 2.22. The van der Waals surface area contributed by atoms with Gasteiger partial charge in [0.15, 0.2) is 0 Å². The van der Waals surface area contributed by atoms with Crippen molar-refractivity contribution in [3.8, 4) is 6.07 Å². The molecule has 3 nitrogen and oxygen atoms in total. The second-order valence-electron chi connectivity index (χ2n) is 8.45. The Morgan fingerprint density at radius 2 is 1.92 bits per heavy atom. The molecule has 0 saturated heterocycles. The molecule has 130 valence electrons. The van der Waals surface area contributed by atoms with Gasteiger partial charge < -0.3 is 5.32 Å². The standard InChI is InChI=1S/C20H28N2OS/c1-20(2,3)14-9-10-15-16(12-21)19(24-17(15)11-14)22-18(23)13-7-5-4-6-8-13/h13-14H,4-11H2,1-3H3,(H,22,23)/t14-/m1/s1. The van der Waals surface area contributed by atoms with Crippen molar-refractivity contribution in [2.75, 3.05) is 5.32 Å². The van der Waals surface area contributed by atoms with E-state index in [4.69, 9.17) is 0 Å². The number of carbonyl (C=O) groups is 1. The van der Waals surface area contributed by atoms with E-state index in [2.05, 4.69) is 32.2 Å². The monoisotopic (exact) mass is 344 g/mol. The maximum absolute atomic E-state index is 12.6. The van der Waals surface area contributed by atoms with E-state index < -0.39 is 0 Å². The second-order valence-corrected chi connectivity index (χ2v) is 9.55. The lowest BCUT2D eigenvalue weighted by molar-refractivity contribution is -0.120. The summed E-state index contributed by atoms with van der Waals surface area (Å²) in [5, 5.41) is 13.5. The van der Waals surface area contributed by atoms with E-state index in [9.17, 15) is 10.1 Å². The van der Waals surface area contributed by atoms with Gasteiger partial charge in [-0.15, -0.1) is 11.3 Å². The van der Waals surface area contributed by atoms with Crippen LogP contribution in [0.25, 0.3) is 0 Å². The molecule has 0 radical (unpaired) electrons. The zero-order valence-electron chi connectivity index (χ0n) is 15.1. The molecule has 1 saturated carbocycles. The molecule has 1 N–H and O–H groups in total. The van der Waals surface area contributed by atoms with Crippen LogP contribution in [-0.4, -0.2) is 5.91 Å². The van der Waals surface area contributed by atoms with Crippen LogP contribution in [-0.2, 0) is 17.6 Å². The fraction of sp³-hybridized carbons (Fsp3) is 0.700. The number of anilines is 1. The van der Waals surface area contributed by atoms with E-state index in [1.54, 1.807) is 11.3 Å².